The Hall–Kier alpha value is -1.91. The van der Waals surface area contributed by atoms with E-state index >= 15 is 0 Å². The standard InChI is InChI=1S/C18H36N4O10/c23-16(10-3-1-7-13-31-21(27)28)19-12-6-5-9-15(18(25)26)20-17(24)11-4-2-8-14-32-22(29)30/h15,27-30H,1-14H2,(H,19,23)(H,20,24)(H,25,26). The van der Waals surface area contributed by atoms with Crippen molar-refractivity contribution in [3.05, 3.63) is 0 Å². The molecule has 32 heavy (non-hydrogen) atoms. The first kappa shape index (κ1) is 30.1. The maximum absolute atomic E-state index is 11.9. The topological polar surface area (TPSA) is 201 Å². The minimum absolute atomic E-state index is 0.0893. The molecule has 14 heteroatoms. The monoisotopic (exact) mass is 468 g/mol. The van der Waals surface area contributed by atoms with Crippen LogP contribution in [0.5, 0.6) is 0 Å². The number of carbonyl (C=O) groups excluding carboxylic acids is 2. The number of carbonyl (C=O) groups is 3. The van der Waals surface area contributed by atoms with Crippen LogP contribution < -0.4 is 10.6 Å². The van der Waals surface area contributed by atoms with Gasteiger partial charge in [-0.05, 0) is 44.9 Å². The first-order valence-electron chi connectivity index (χ1n) is 10.6. The minimum atomic E-state index is -1.11. The molecule has 0 saturated carbocycles. The normalized spacial score (nSPS) is 12.2. The van der Waals surface area contributed by atoms with Crippen LogP contribution in [-0.4, -0.2) is 80.3 Å². The summed E-state index contributed by atoms with van der Waals surface area (Å²) in [7, 11) is 0. The van der Waals surface area contributed by atoms with Gasteiger partial charge in [-0.3, -0.25) is 40.1 Å². The van der Waals surface area contributed by atoms with E-state index in [1.807, 2.05) is 0 Å². The van der Waals surface area contributed by atoms with E-state index in [2.05, 4.69) is 20.3 Å². The summed E-state index contributed by atoms with van der Waals surface area (Å²) in [5, 5.41) is 47.2. The number of nitrogens with one attached hydrogen (secondary N) is 2. The predicted molar refractivity (Wildman–Crippen MR) is 106 cm³/mol. The first-order chi connectivity index (χ1) is 15.2. The molecule has 1 unspecified atom stereocenters. The largest absolute Gasteiger partial charge is 0.480 e. The number of nitrogens with zero attached hydrogens (tertiary/aromatic N) is 2. The zero-order valence-corrected chi connectivity index (χ0v) is 18.1. The highest BCUT2D eigenvalue weighted by molar-refractivity contribution is 5.83. The summed E-state index contributed by atoms with van der Waals surface area (Å²) in [4.78, 5) is 43.7. The Labute approximate surface area is 186 Å². The summed E-state index contributed by atoms with van der Waals surface area (Å²) < 4.78 is 0. The number of carboxylic acids is 1. The van der Waals surface area contributed by atoms with Crippen LogP contribution in [0.2, 0.25) is 0 Å². The molecule has 0 bridgehead atoms. The van der Waals surface area contributed by atoms with Gasteiger partial charge >= 0.3 is 5.97 Å². The first-order valence-corrected chi connectivity index (χ1v) is 10.6. The third-order valence-electron chi connectivity index (χ3n) is 4.38. The van der Waals surface area contributed by atoms with E-state index in [1.54, 1.807) is 0 Å². The molecule has 2 amide bonds. The summed E-state index contributed by atoms with van der Waals surface area (Å²) in [5.41, 5.74) is 0. The van der Waals surface area contributed by atoms with Gasteiger partial charge in [0, 0.05) is 19.4 Å². The molecule has 0 fully saturated rings. The molecule has 0 aliphatic carbocycles. The van der Waals surface area contributed by atoms with Gasteiger partial charge in [-0.2, -0.15) is 0 Å². The highest BCUT2D eigenvalue weighted by Crippen LogP contribution is 2.05. The summed E-state index contributed by atoms with van der Waals surface area (Å²) in [6.07, 6.45) is 5.38. The molecule has 0 rings (SSSR count). The average Bonchev–Trinajstić information content (AvgIpc) is 2.71. The van der Waals surface area contributed by atoms with Gasteiger partial charge in [-0.25, -0.2) is 4.79 Å². The summed E-state index contributed by atoms with van der Waals surface area (Å²) in [5.74, 6) is -1.60. The molecule has 0 aromatic carbocycles. The van der Waals surface area contributed by atoms with Gasteiger partial charge in [0.15, 0.2) is 0 Å². The number of amides is 2. The van der Waals surface area contributed by atoms with Crippen LogP contribution in [0.25, 0.3) is 0 Å². The predicted octanol–water partition coefficient (Wildman–Crippen LogP) is 0.987. The van der Waals surface area contributed by atoms with Crippen LogP contribution in [0.15, 0.2) is 0 Å². The Bertz CT molecular complexity index is 522. The number of hydrogen-bond acceptors (Lipinski definition) is 11. The van der Waals surface area contributed by atoms with E-state index in [1.165, 1.54) is 0 Å². The Kier molecular flexibility index (Phi) is 18.6. The number of rotatable bonds is 21. The Balaban J connectivity index is 3.78. The Morgan fingerprint density at radius 3 is 1.75 bits per heavy atom. The molecule has 188 valence electrons. The Morgan fingerprint density at radius 1 is 0.719 bits per heavy atom. The van der Waals surface area contributed by atoms with Crippen molar-refractivity contribution >= 4 is 17.8 Å². The third kappa shape index (κ3) is 20.0. The molecule has 0 aromatic rings. The summed E-state index contributed by atoms with van der Waals surface area (Å²) >= 11 is 0. The molecular formula is C18H36N4O10. The third-order valence-corrected chi connectivity index (χ3v) is 4.38. The van der Waals surface area contributed by atoms with E-state index in [9.17, 15) is 19.5 Å². The molecule has 0 radical (unpaired) electrons. The zero-order valence-electron chi connectivity index (χ0n) is 18.1. The minimum Gasteiger partial charge on any atom is -0.480 e. The molecule has 1 atom stereocenters. The molecular weight excluding hydrogens is 432 g/mol. The fourth-order valence-corrected chi connectivity index (χ4v) is 2.73. The van der Waals surface area contributed by atoms with Crippen molar-refractivity contribution in [1.29, 1.82) is 0 Å². The lowest BCUT2D eigenvalue weighted by atomic mass is 10.1. The van der Waals surface area contributed by atoms with E-state index in [0.717, 1.165) is 0 Å². The molecule has 0 saturated heterocycles. The fraction of sp³-hybridized carbons (Fsp3) is 0.833. The second-order valence-corrected chi connectivity index (χ2v) is 7.10. The molecule has 0 heterocycles. The van der Waals surface area contributed by atoms with Crippen LogP contribution in [0.3, 0.4) is 0 Å². The molecule has 0 spiro atoms. The van der Waals surface area contributed by atoms with Crippen LogP contribution in [0.4, 0.5) is 0 Å². The van der Waals surface area contributed by atoms with E-state index < -0.39 is 12.0 Å². The van der Waals surface area contributed by atoms with Crippen molar-refractivity contribution in [3.8, 4) is 0 Å². The SMILES string of the molecule is O=C(CCCCCON(O)O)NCCCCC(NC(=O)CCCCCON(O)O)C(=O)O. The van der Waals surface area contributed by atoms with Crippen LogP contribution in [-0.2, 0) is 24.1 Å². The molecule has 0 aliphatic heterocycles. The maximum Gasteiger partial charge on any atom is 0.326 e. The second-order valence-electron chi connectivity index (χ2n) is 7.10. The van der Waals surface area contributed by atoms with Crippen molar-refractivity contribution in [1.82, 2.24) is 21.4 Å². The quantitative estimate of drug-likeness (QED) is 0.0931. The van der Waals surface area contributed by atoms with Gasteiger partial charge in [0.2, 0.25) is 11.8 Å². The lowest BCUT2D eigenvalue weighted by molar-refractivity contribution is -0.492. The number of unbranched alkanes of at least 4 members (excludes halogenated alkanes) is 5. The van der Waals surface area contributed by atoms with E-state index in [4.69, 9.17) is 20.8 Å². The smallest absolute Gasteiger partial charge is 0.326 e. The lowest BCUT2D eigenvalue weighted by Gasteiger charge is -2.14. The van der Waals surface area contributed by atoms with Crippen molar-refractivity contribution in [2.75, 3.05) is 19.8 Å². The lowest BCUT2D eigenvalue weighted by Crippen LogP contribution is -2.40. The highest BCUT2D eigenvalue weighted by atomic mass is 17.1. The van der Waals surface area contributed by atoms with Crippen molar-refractivity contribution in [3.63, 3.8) is 0 Å². The van der Waals surface area contributed by atoms with Gasteiger partial charge in [0.05, 0.1) is 24.0 Å². The van der Waals surface area contributed by atoms with Crippen LogP contribution >= 0.6 is 0 Å². The zero-order chi connectivity index (χ0) is 24.2. The van der Waals surface area contributed by atoms with Gasteiger partial charge in [0.25, 0.3) is 0 Å². The van der Waals surface area contributed by atoms with Crippen LogP contribution in [0.1, 0.15) is 70.6 Å². The van der Waals surface area contributed by atoms with Crippen LogP contribution in [0, 0.1) is 0 Å². The Morgan fingerprint density at radius 2 is 1.25 bits per heavy atom. The number of hydrogen-bond donors (Lipinski definition) is 7. The van der Waals surface area contributed by atoms with Crippen molar-refractivity contribution < 1.29 is 50.0 Å². The van der Waals surface area contributed by atoms with E-state index in [-0.39, 0.29) is 48.6 Å². The van der Waals surface area contributed by atoms with Gasteiger partial charge in [-0.1, -0.05) is 12.8 Å². The molecule has 0 aliphatic rings. The summed E-state index contributed by atoms with van der Waals surface area (Å²) in [6, 6.07) is -0.991. The van der Waals surface area contributed by atoms with Crippen molar-refractivity contribution in [2.24, 2.45) is 0 Å². The summed E-state index contributed by atoms with van der Waals surface area (Å²) in [6.45, 7) is 0.637. The molecule has 7 N–H and O–H groups in total. The van der Waals surface area contributed by atoms with Gasteiger partial charge in [0.1, 0.15) is 6.04 Å². The van der Waals surface area contributed by atoms with E-state index in [0.29, 0.717) is 64.3 Å². The number of carboxylic acid groups (broad SMARTS) is 1. The van der Waals surface area contributed by atoms with Gasteiger partial charge < -0.3 is 15.7 Å². The molecule has 0 aromatic heterocycles. The van der Waals surface area contributed by atoms with Crippen molar-refractivity contribution in [2.45, 2.75) is 76.7 Å². The molecule has 14 nitrogen and oxygen atoms in total. The number of aliphatic carboxylic acids is 1. The second kappa shape index (κ2) is 19.8. The maximum atomic E-state index is 11.9. The van der Waals surface area contributed by atoms with Gasteiger partial charge in [-0.15, -0.1) is 0 Å². The highest BCUT2D eigenvalue weighted by Gasteiger charge is 2.19. The average molecular weight is 469 g/mol. The fourth-order valence-electron chi connectivity index (χ4n) is 2.73.